The average molecular weight is 332 g/mol. The van der Waals surface area contributed by atoms with Crippen LogP contribution in [0.5, 0.6) is 0 Å². The van der Waals surface area contributed by atoms with Crippen molar-refractivity contribution in [1.82, 2.24) is 0 Å². The van der Waals surface area contributed by atoms with Crippen LogP contribution in [0.4, 0.5) is 0 Å². The van der Waals surface area contributed by atoms with Crippen molar-refractivity contribution in [2.24, 2.45) is 0 Å². The predicted molar refractivity (Wildman–Crippen MR) is 85.6 cm³/mol. The van der Waals surface area contributed by atoms with Gasteiger partial charge in [0.2, 0.25) is 0 Å². The van der Waals surface area contributed by atoms with Gasteiger partial charge in [-0.1, -0.05) is 30.3 Å². The molecular formula is C18H20O6. The number of hydrogen-bond donors (Lipinski definition) is 3. The minimum atomic E-state index is -1.50. The summed E-state index contributed by atoms with van der Waals surface area (Å²) in [5.74, 6) is 0.527. The van der Waals surface area contributed by atoms with E-state index in [1.807, 2.05) is 30.3 Å². The summed E-state index contributed by atoms with van der Waals surface area (Å²) in [5.41, 5.74) is 0.625. The molecule has 1 aromatic heterocycles. The zero-order valence-corrected chi connectivity index (χ0v) is 13.3. The van der Waals surface area contributed by atoms with Crippen molar-refractivity contribution in [3.05, 3.63) is 69.3 Å². The molecular weight excluding hydrogens is 312 g/mol. The van der Waals surface area contributed by atoms with Crippen molar-refractivity contribution >= 4 is 0 Å². The topological polar surface area (TPSA) is 100 Å². The molecule has 4 atom stereocenters. The molecule has 0 spiro atoms. The molecule has 0 bridgehead atoms. The molecule has 0 saturated carbocycles. The molecule has 24 heavy (non-hydrogen) atoms. The summed E-state index contributed by atoms with van der Waals surface area (Å²) in [5, 5.41) is 30.0. The maximum atomic E-state index is 12.4. The molecule has 0 aliphatic heterocycles. The van der Waals surface area contributed by atoms with Gasteiger partial charge in [-0.2, -0.15) is 0 Å². The van der Waals surface area contributed by atoms with Gasteiger partial charge in [0.05, 0.1) is 5.56 Å². The average Bonchev–Trinajstić information content (AvgIpc) is 2.59. The molecule has 1 heterocycles. The van der Waals surface area contributed by atoms with Crippen LogP contribution in [-0.2, 0) is 17.6 Å². The van der Waals surface area contributed by atoms with E-state index in [9.17, 15) is 20.1 Å². The maximum Gasteiger partial charge on any atom is 0.191 e. The van der Waals surface area contributed by atoms with Crippen molar-refractivity contribution < 1.29 is 24.5 Å². The second kappa shape index (κ2) is 6.86. The third kappa shape index (κ3) is 3.01. The van der Waals surface area contributed by atoms with Crippen molar-refractivity contribution in [2.45, 2.75) is 37.3 Å². The Morgan fingerprint density at radius 3 is 2.46 bits per heavy atom. The van der Waals surface area contributed by atoms with E-state index in [0.29, 0.717) is 18.6 Å². The molecule has 6 heteroatoms. The number of aliphatic hydroxyl groups excluding tert-OH is 3. The van der Waals surface area contributed by atoms with Crippen LogP contribution in [-0.4, -0.2) is 34.6 Å². The summed E-state index contributed by atoms with van der Waals surface area (Å²) in [6.45, 7) is 0. The molecule has 0 fully saturated rings. The molecule has 2 aromatic rings. The first-order valence-electron chi connectivity index (χ1n) is 7.80. The molecule has 1 aliphatic carbocycles. The highest BCUT2D eigenvalue weighted by Gasteiger charge is 2.44. The van der Waals surface area contributed by atoms with Gasteiger partial charge in [0.1, 0.15) is 35.9 Å². The van der Waals surface area contributed by atoms with Crippen LogP contribution in [0.3, 0.4) is 0 Å². The Hall–Kier alpha value is -1.99. The molecule has 0 radical (unpaired) electrons. The minimum Gasteiger partial charge on any atom is -0.463 e. The van der Waals surface area contributed by atoms with E-state index in [2.05, 4.69) is 0 Å². The lowest BCUT2D eigenvalue weighted by atomic mass is 9.87. The molecule has 3 rings (SSSR count). The lowest BCUT2D eigenvalue weighted by Gasteiger charge is -2.34. The Kier molecular flexibility index (Phi) is 4.82. The van der Waals surface area contributed by atoms with Crippen LogP contribution in [0.2, 0.25) is 0 Å². The zero-order chi connectivity index (χ0) is 17.3. The van der Waals surface area contributed by atoms with Crippen LogP contribution < -0.4 is 5.43 Å². The minimum absolute atomic E-state index is 0.0527. The highest BCUT2D eigenvalue weighted by Crippen LogP contribution is 2.37. The van der Waals surface area contributed by atoms with E-state index < -0.39 is 29.8 Å². The molecule has 0 saturated heterocycles. The summed E-state index contributed by atoms with van der Waals surface area (Å²) in [6, 6.07) is 11.1. The monoisotopic (exact) mass is 332 g/mol. The second-order valence-electron chi connectivity index (χ2n) is 5.92. The summed E-state index contributed by atoms with van der Waals surface area (Å²) in [6.07, 6.45) is -4.18. The Bertz CT molecular complexity index is 754. The molecule has 128 valence electrons. The smallest absolute Gasteiger partial charge is 0.191 e. The standard InChI is InChI=1S/C18H20O6/c1-23-18-16(22)15(21)14(20)13-12(19)9-11(24-17(13)18)8-7-10-5-3-2-4-6-10/h2-6,9,14-16,18,20-22H,7-8H2,1H3. The van der Waals surface area contributed by atoms with Crippen molar-refractivity contribution in [3.63, 3.8) is 0 Å². The number of fused-ring (bicyclic) bond motifs is 1. The van der Waals surface area contributed by atoms with Gasteiger partial charge in [0.15, 0.2) is 5.43 Å². The van der Waals surface area contributed by atoms with Crippen molar-refractivity contribution in [3.8, 4) is 0 Å². The van der Waals surface area contributed by atoms with Crippen LogP contribution in [0.25, 0.3) is 0 Å². The number of benzene rings is 1. The summed E-state index contributed by atoms with van der Waals surface area (Å²) >= 11 is 0. The number of hydrogen-bond acceptors (Lipinski definition) is 6. The number of aliphatic hydroxyl groups is 3. The van der Waals surface area contributed by atoms with Crippen LogP contribution in [0.15, 0.2) is 45.6 Å². The fourth-order valence-electron chi connectivity index (χ4n) is 3.05. The molecule has 3 N–H and O–H groups in total. The largest absolute Gasteiger partial charge is 0.463 e. The zero-order valence-electron chi connectivity index (χ0n) is 13.3. The normalized spacial score (nSPS) is 26.2. The predicted octanol–water partition coefficient (Wildman–Crippen LogP) is 0.881. The highest BCUT2D eigenvalue weighted by atomic mass is 16.5. The first-order valence-corrected chi connectivity index (χ1v) is 7.80. The van der Waals surface area contributed by atoms with Crippen LogP contribution in [0.1, 0.15) is 34.9 Å². The van der Waals surface area contributed by atoms with E-state index >= 15 is 0 Å². The third-order valence-corrected chi connectivity index (χ3v) is 4.36. The molecule has 6 nitrogen and oxygen atoms in total. The highest BCUT2D eigenvalue weighted by molar-refractivity contribution is 5.30. The van der Waals surface area contributed by atoms with E-state index in [1.54, 1.807) is 0 Å². The Morgan fingerprint density at radius 2 is 1.79 bits per heavy atom. The molecule has 1 aromatic carbocycles. The van der Waals surface area contributed by atoms with E-state index in [-0.39, 0.29) is 11.3 Å². The first-order chi connectivity index (χ1) is 11.5. The summed E-state index contributed by atoms with van der Waals surface area (Å²) in [4.78, 5) is 12.4. The van der Waals surface area contributed by atoms with Gasteiger partial charge < -0.3 is 24.5 Å². The van der Waals surface area contributed by atoms with Gasteiger partial charge in [-0.05, 0) is 12.0 Å². The Balaban J connectivity index is 1.93. The van der Waals surface area contributed by atoms with Gasteiger partial charge in [-0.25, -0.2) is 0 Å². The number of methoxy groups -OCH3 is 1. The Labute approximate surface area is 138 Å². The summed E-state index contributed by atoms with van der Waals surface area (Å²) < 4.78 is 10.9. The molecule has 0 amide bonds. The van der Waals surface area contributed by atoms with Gasteiger partial charge in [0.25, 0.3) is 0 Å². The lowest BCUT2D eigenvalue weighted by molar-refractivity contribution is -0.138. The number of aryl methyl sites for hydroxylation is 2. The maximum absolute atomic E-state index is 12.4. The number of ether oxygens (including phenoxy) is 1. The van der Waals surface area contributed by atoms with Gasteiger partial charge in [-0.15, -0.1) is 0 Å². The van der Waals surface area contributed by atoms with Crippen molar-refractivity contribution in [2.75, 3.05) is 7.11 Å². The van der Waals surface area contributed by atoms with E-state index in [0.717, 1.165) is 5.56 Å². The van der Waals surface area contributed by atoms with Gasteiger partial charge >= 0.3 is 0 Å². The third-order valence-electron chi connectivity index (χ3n) is 4.36. The van der Waals surface area contributed by atoms with Gasteiger partial charge in [-0.3, -0.25) is 4.79 Å². The lowest BCUT2D eigenvalue weighted by Crippen LogP contribution is -2.44. The van der Waals surface area contributed by atoms with Crippen LogP contribution >= 0.6 is 0 Å². The van der Waals surface area contributed by atoms with Crippen LogP contribution in [0, 0.1) is 0 Å². The number of rotatable bonds is 4. The van der Waals surface area contributed by atoms with Gasteiger partial charge in [0, 0.05) is 19.6 Å². The fourth-order valence-corrected chi connectivity index (χ4v) is 3.05. The quantitative estimate of drug-likeness (QED) is 0.768. The Morgan fingerprint density at radius 1 is 1.08 bits per heavy atom. The molecule has 1 aliphatic rings. The first kappa shape index (κ1) is 16.9. The van der Waals surface area contributed by atoms with Crippen molar-refractivity contribution in [1.29, 1.82) is 0 Å². The fraction of sp³-hybridized carbons (Fsp3) is 0.389. The van der Waals surface area contributed by atoms with E-state index in [1.165, 1.54) is 13.2 Å². The van der Waals surface area contributed by atoms with E-state index in [4.69, 9.17) is 9.15 Å². The SMILES string of the molecule is COC1c2oc(CCc3ccccc3)cc(=O)c2C(O)C(O)C1O. The summed E-state index contributed by atoms with van der Waals surface area (Å²) in [7, 11) is 1.35. The second-order valence-corrected chi connectivity index (χ2v) is 5.92. The molecule has 4 unspecified atom stereocenters.